The zero-order chi connectivity index (χ0) is 19.3. The Bertz CT molecular complexity index is 413. The molecule has 150 valence electrons. The van der Waals surface area contributed by atoms with Gasteiger partial charge in [-0.3, -0.25) is 9.36 Å². The Balaban J connectivity index is 4.07. The molecule has 0 aromatic heterocycles. The molecule has 0 amide bonds. The first kappa shape index (κ1) is 24.5. The van der Waals surface area contributed by atoms with Crippen LogP contribution >= 0.6 is 7.82 Å². The number of hydrogen-bond donors (Lipinski definition) is 0. The molecule has 0 N–H and O–H groups in total. The van der Waals surface area contributed by atoms with Crippen LogP contribution in [0.2, 0.25) is 0 Å². The number of phosphoric acid groups is 1. The summed E-state index contributed by atoms with van der Waals surface area (Å²) in [6.45, 7) is 0.952. The number of phosphoric ester groups is 1. The second-order valence-electron chi connectivity index (χ2n) is 6.57. The second kappa shape index (κ2) is 12.8. The third kappa shape index (κ3) is 15.4. The summed E-state index contributed by atoms with van der Waals surface area (Å²) in [5.74, 6) is -0.268. The summed E-state index contributed by atoms with van der Waals surface area (Å²) in [6, 6.07) is 0. The van der Waals surface area contributed by atoms with Gasteiger partial charge in [-0.2, -0.15) is 0 Å². The van der Waals surface area contributed by atoms with Gasteiger partial charge < -0.3 is 32.6 Å². The fourth-order valence-corrected chi connectivity index (χ4v) is 2.42. The zero-order valence-corrected chi connectivity index (χ0v) is 16.8. The average Bonchev–Trinajstić information content (AvgIpc) is 2.50. The average molecular weight is 385 g/mol. The van der Waals surface area contributed by atoms with E-state index in [0.29, 0.717) is 36.9 Å². The van der Waals surface area contributed by atoms with Crippen LogP contribution in [0.4, 0.5) is 0 Å². The third-order valence-corrected chi connectivity index (χ3v) is 4.10. The second-order valence-corrected chi connectivity index (χ2v) is 7.98. The molecule has 9 nitrogen and oxygen atoms in total. The van der Waals surface area contributed by atoms with Crippen molar-refractivity contribution in [3.05, 3.63) is 0 Å². The number of quaternary nitrogens is 1. The van der Waals surface area contributed by atoms with E-state index in [4.69, 9.17) is 18.5 Å². The minimum atomic E-state index is -4.37. The molecule has 0 spiro atoms. The Labute approximate surface area is 150 Å². The van der Waals surface area contributed by atoms with Gasteiger partial charge >= 0.3 is 5.97 Å². The molecule has 10 heteroatoms. The van der Waals surface area contributed by atoms with Gasteiger partial charge in [0.25, 0.3) is 7.82 Å². The van der Waals surface area contributed by atoms with Crippen LogP contribution in [-0.2, 0) is 32.6 Å². The molecule has 0 saturated heterocycles. The number of carbonyl (C=O) groups excluding carboxylic acids is 1. The molecule has 0 rings (SSSR count). The fraction of sp³-hybridized carbons (Fsp3) is 0.933. The molecule has 0 aliphatic rings. The van der Waals surface area contributed by atoms with Crippen LogP contribution in [0.25, 0.3) is 0 Å². The number of likely N-dealkylation sites (N-methyl/N-ethyl adjacent to an activating group) is 1. The van der Waals surface area contributed by atoms with E-state index in [0.717, 1.165) is 0 Å². The maximum Gasteiger partial charge on any atom is 0.305 e. The predicted molar refractivity (Wildman–Crippen MR) is 89.9 cm³/mol. The quantitative estimate of drug-likeness (QED) is 0.174. The molecular formula is C15H32NO8P. The molecular weight excluding hydrogens is 353 g/mol. The summed E-state index contributed by atoms with van der Waals surface area (Å²) in [4.78, 5) is 22.7. The van der Waals surface area contributed by atoms with Crippen molar-refractivity contribution in [3.63, 3.8) is 0 Å². The number of unbranched alkanes of at least 4 members (excludes halogenated alkanes) is 1. The normalized spacial score (nSPS) is 15.6. The van der Waals surface area contributed by atoms with Crippen molar-refractivity contribution in [1.82, 2.24) is 0 Å². The Morgan fingerprint density at radius 1 is 1.08 bits per heavy atom. The van der Waals surface area contributed by atoms with Crippen LogP contribution in [-0.4, -0.2) is 84.9 Å². The molecule has 0 aromatic carbocycles. The number of rotatable bonds is 15. The van der Waals surface area contributed by atoms with Gasteiger partial charge in [0, 0.05) is 20.1 Å². The first-order valence-electron chi connectivity index (χ1n) is 8.17. The summed E-state index contributed by atoms with van der Waals surface area (Å²) in [6.07, 6.45) is 1.06. The van der Waals surface area contributed by atoms with Crippen molar-refractivity contribution in [1.29, 1.82) is 0 Å². The topological polar surface area (TPSA) is 103 Å². The highest BCUT2D eigenvalue weighted by atomic mass is 31.2. The standard InChI is InChI=1S/C15H32NO8P/c1-16(2,3)9-11-23-25(18,19)24-13-14(12-20-4)22-10-7-6-8-15(17)21-5/h14H,6-13H2,1-5H3. The van der Waals surface area contributed by atoms with Gasteiger partial charge in [-0.05, 0) is 12.8 Å². The van der Waals surface area contributed by atoms with Crippen LogP contribution in [0, 0.1) is 0 Å². The van der Waals surface area contributed by atoms with Gasteiger partial charge in [0.2, 0.25) is 0 Å². The summed E-state index contributed by atoms with van der Waals surface area (Å²) in [5.41, 5.74) is 0. The third-order valence-electron chi connectivity index (χ3n) is 3.14. The maximum absolute atomic E-state index is 11.7. The Kier molecular flexibility index (Phi) is 12.5. The number of esters is 1. The van der Waals surface area contributed by atoms with E-state index >= 15 is 0 Å². The molecule has 0 aromatic rings. The predicted octanol–water partition coefficient (Wildman–Crippen LogP) is 0.569. The highest BCUT2D eigenvalue weighted by Crippen LogP contribution is 2.38. The molecule has 0 heterocycles. The lowest BCUT2D eigenvalue weighted by molar-refractivity contribution is -0.870. The molecule has 0 saturated carbocycles. The summed E-state index contributed by atoms with van der Waals surface area (Å²) in [7, 11) is 4.25. The maximum atomic E-state index is 11.7. The van der Waals surface area contributed by atoms with Gasteiger partial charge in [0.15, 0.2) is 0 Å². The SMILES string of the molecule is COCC(COP(=O)([O-])OCC[N+](C)(C)C)OCCCCC(=O)OC. The Morgan fingerprint density at radius 2 is 1.76 bits per heavy atom. The summed E-state index contributed by atoms with van der Waals surface area (Å²) >= 11 is 0. The van der Waals surface area contributed by atoms with Crippen LogP contribution in [0.1, 0.15) is 19.3 Å². The van der Waals surface area contributed by atoms with Crippen molar-refractivity contribution in [2.45, 2.75) is 25.4 Å². The highest BCUT2D eigenvalue weighted by molar-refractivity contribution is 7.45. The molecule has 0 aliphatic heterocycles. The highest BCUT2D eigenvalue weighted by Gasteiger charge is 2.17. The van der Waals surface area contributed by atoms with Gasteiger partial charge in [-0.25, -0.2) is 0 Å². The molecule has 2 unspecified atom stereocenters. The molecule has 0 aliphatic carbocycles. The number of hydrogen-bond acceptors (Lipinski definition) is 8. The lowest BCUT2D eigenvalue weighted by atomic mass is 10.2. The van der Waals surface area contributed by atoms with Gasteiger partial charge in [0.1, 0.15) is 19.3 Å². The monoisotopic (exact) mass is 385 g/mol. The zero-order valence-electron chi connectivity index (χ0n) is 15.9. The van der Waals surface area contributed by atoms with Crippen molar-refractivity contribution in [2.24, 2.45) is 0 Å². The minimum absolute atomic E-state index is 0.0492. The van der Waals surface area contributed by atoms with Gasteiger partial charge in [-0.15, -0.1) is 0 Å². The largest absolute Gasteiger partial charge is 0.756 e. The molecule has 0 bridgehead atoms. The van der Waals surface area contributed by atoms with E-state index < -0.39 is 13.9 Å². The lowest BCUT2D eigenvalue weighted by Gasteiger charge is -2.28. The van der Waals surface area contributed by atoms with Crippen LogP contribution in [0.5, 0.6) is 0 Å². The van der Waals surface area contributed by atoms with E-state index in [9.17, 15) is 14.3 Å². The number of nitrogens with zero attached hydrogens (tertiary/aromatic N) is 1. The van der Waals surface area contributed by atoms with Crippen LogP contribution < -0.4 is 4.89 Å². The lowest BCUT2D eigenvalue weighted by Crippen LogP contribution is -2.37. The van der Waals surface area contributed by atoms with Crippen molar-refractivity contribution < 1.29 is 42.0 Å². The fourth-order valence-electron chi connectivity index (χ4n) is 1.69. The van der Waals surface area contributed by atoms with Crippen LogP contribution in [0.15, 0.2) is 0 Å². The van der Waals surface area contributed by atoms with Crippen molar-refractivity contribution >= 4 is 13.8 Å². The van der Waals surface area contributed by atoms with Crippen molar-refractivity contribution in [2.75, 3.05) is 68.3 Å². The van der Waals surface area contributed by atoms with Gasteiger partial charge in [0.05, 0.1) is 41.5 Å². The first-order valence-corrected chi connectivity index (χ1v) is 9.63. The van der Waals surface area contributed by atoms with E-state index in [-0.39, 0.29) is 25.8 Å². The first-order chi connectivity index (χ1) is 11.6. The smallest absolute Gasteiger partial charge is 0.305 e. The molecule has 0 fully saturated rings. The summed E-state index contributed by atoms with van der Waals surface area (Å²) in [5, 5.41) is 0. The Hall–Kier alpha value is -0.540. The number of carbonyl (C=O) groups is 1. The van der Waals surface area contributed by atoms with E-state index in [1.165, 1.54) is 14.2 Å². The minimum Gasteiger partial charge on any atom is -0.756 e. The molecule has 2 atom stereocenters. The van der Waals surface area contributed by atoms with E-state index in [2.05, 4.69) is 4.74 Å². The number of methoxy groups -OCH3 is 2. The summed E-state index contributed by atoms with van der Waals surface area (Å²) < 4.78 is 37.1. The van der Waals surface area contributed by atoms with Crippen molar-refractivity contribution in [3.8, 4) is 0 Å². The number of ether oxygens (including phenoxy) is 3. The van der Waals surface area contributed by atoms with Gasteiger partial charge in [-0.1, -0.05) is 0 Å². The molecule has 25 heavy (non-hydrogen) atoms. The van der Waals surface area contributed by atoms with Crippen LogP contribution in [0.3, 0.4) is 0 Å². The Morgan fingerprint density at radius 3 is 2.32 bits per heavy atom. The molecule has 0 radical (unpaired) electrons. The van der Waals surface area contributed by atoms with E-state index in [1.807, 2.05) is 21.1 Å². The van der Waals surface area contributed by atoms with E-state index in [1.54, 1.807) is 0 Å².